The van der Waals surface area contributed by atoms with Crippen LogP contribution in [-0.2, 0) is 9.59 Å². The minimum Gasteiger partial charge on any atom is -0.497 e. The SMILES string of the molecule is COc1cc(OC)cc(N2c3ccc(/C=C4\SC(=S)N(CC(=O)O)C4=O)cc3C3CCCC32)c1. The predicted molar refractivity (Wildman–Crippen MR) is 136 cm³/mol. The van der Waals surface area contributed by atoms with Crippen molar-refractivity contribution in [2.45, 2.75) is 31.2 Å². The number of carbonyl (C=O) groups excluding carboxylic acids is 1. The van der Waals surface area contributed by atoms with Crippen LogP contribution in [0.5, 0.6) is 11.5 Å². The summed E-state index contributed by atoms with van der Waals surface area (Å²) in [6.07, 6.45) is 5.18. The molecule has 2 heterocycles. The lowest BCUT2D eigenvalue weighted by molar-refractivity contribution is -0.140. The van der Waals surface area contributed by atoms with E-state index in [0.29, 0.717) is 16.9 Å². The predicted octanol–water partition coefficient (Wildman–Crippen LogP) is 4.78. The average molecular weight is 497 g/mol. The molecule has 1 aliphatic carbocycles. The lowest BCUT2D eigenvalue weighted by Crippen LogP contribution is -2.33. The smallest absolute Gasteiger partial charge is 0.323 e. The molecule has 2 aliphatic heterocycles. The number of rotatable bonds is 6. The molecule has 9 heteroatoms. The highest BCUT2D eigenvalue weighted by Gasteiger charge is 2.42. The fraction of sp³-hybridized carbons (Fsp3) is 0.320. The Labute approximate surface area is 207 Å². The molecule has 0 radical (unpaired) electrons. The van der Waals surface area contributed by atoms with Gasteiger partial charge in [-0.15, -0.1) is 0 Å². The lowest BCUT2D eigenvalue weighted by Gasteiger charge is -2.28. The summed E-state index contributed by atoms with van der Waals surface area (Å²) in [5.74, 6) is 0.454. The van der Waals surface area contributed by atoms with E-state index in [1.54, 1.807) is 14.2 Å². The molecule has 0 spiro atoms. The molecule has 1 amide bonds. The van der Waals surface area contributed by atoms with Crippen LogP contribution in [0.4, 0.5) is 11.4 Å². The Morgan fingerprint density at radius 2 is 1.91 bits per heavy atom. The maximum absolute atomic E-state index is 12.7. The standard InChI is InChI=1S/C25H24N2O5S2/c1-31-16-10-15(11-17(12-16)32-2)27-20-5-3-4-18(20)19-8-14(6-7-21(19)27)9-22-24(30)26(13-23(28)29)25(33)34-22/h6-12,18,20H,3-5,13H2,1-2H3,(H,28,29)/b22-9-. The van der Waals surface area contributed by atoms with E-state index in [-0.39, 0.29) is 10.2 Å². The summed E-state index contributed by atoms with van der Waals surface area (Å²) < 4.78 is 11.3. The van der Waals surface area contributed by atoms with Gasteiger partial charge in [0.25, 0.3) is 5.91 Å². The molecule has 0 bridgehead atoms. The molecule has 1 saturated heterocycles. The third-order valence-corrected chi connectivity index (χ3v) is 7.98. The van der Waals surface area contributed by atoms with Gasteiger partial charge < -0.3 is 19.5 Å². The van der Waals surface area contributed by atoms with Crippen molar-refractivity contribution in [2.75, 3.05) is 25.7 Å². The maximum atomic E-state index is 12.7. The molecule has 7 nitrogen and oxygen atoms in total. The van der Waals surface area contributed by atoms with Gasteiger partial charge in [0, 0.05) is 41.5 Å². The zero-order valence-electron chi connectivity index (χ0n) is 18.8. The minimum absolute atomic E-state index is 0.272. The highest BCUT2D eigenvalue weighted by Crippen LogP contribution is 2.53. The third kappa shape index (κ3) is 3.92. The van der Waals surface area contributed by atoms with Crippen molar-refractivity contribution in [3.05, 3.63) is 52.4 Å². The van der Waals surface area contributed by atoms with Crippen molar-refractivity contribution >= 4 is 57.6 Å². The number of thiocarbonyl (C=S) groups is 1. The first-order valence-corrected chi connectivity index (χ1v) is 12.3. The van der Waals surface area contributed by atoms with Crippen LogP contribution in [0, 0.1) is 0 Å². The quantitative estimate of drug-likeness (QED) is 0.452. The monoisotopic (exact) mass is 496 g/mol. The summed E-state index contributed by atoms with van der Waals surface area (Å²) in [6, 6.07) is 12.5. The molecule has 34 heavy (non-hydrogen) atoms. The van der Waals surface area contributed by atoms with Gasteiger partial charge in [0.05, 0.1) is 19.1 Å². The molecule has 5 rings (SSSR count). The van der Waals surface area contributed by atoms with E-state index in [4.69, 9.17) is 26.8 Å². The number of fused-ring (bicyclic) bond motifs is 3. The van der Waals surface area contributed by atoms with Crippen molar-refractivity contribution in [3.8, 4) is 11.5 Å². The summed E-state index contributed by atoms with van der Waals surface area (Å²) in [5, 5.41) is 9.06. The topological polar surface area (TPSA) is 79.3 Å². The summed E-state index contributed by atoms with van der Waals surface area (Å²) in [6.45, 7) is -0.422. The molecule has 0 aromatic heterocycles. The van der Waals surface area contributed by atoms with Crippen molar-refractivity contribution < 1.29 is 24.2 Å². The molecule has 2 unspecified atom stereocenters. The summed E-state index contributed by atoms with van der Waals surface area (Å²) in [7, 11) is 3.31. The van der Waals surface area contributed by atoms with E-state index in [1.807, 2.05) is 30.3 Å². The molecule has 1 N–H and O–H groups in total. The number of hydrogen-bond donors (Lipinski definition) is 1. The second-order valence-electron chi connectivity index (χ2n) is 8.53. The lowest BCUT2D eigenvalue weighted by atomic mass is 9.96. The van der Waals surface area contributed by atoms with Gasteiger partial charge in [-0.1, -0.05) is 36.5 Å². The van der Waals surface area contributed by atoms with E-state index in [9.17, 15) is 9.59 Å². The molecule has 2 aromatic carbocycles. The zero-order valence-corrected chi connectivity index (χ0v) is 20.4. The van der Waals surface area contributed by atoms with Crippen LogP contribution in [0.2, 0.25) is 0 Å². The molecule has 176 valence electrons. The van der Waals surface area contributed by atoms with E-state index < -0.39 is 12.5 Å². The van der Waals surface area contributed by atoms with Crippen LogP contribution in [0.25, 0.3) is 6.08 Å². The number of carboxylic acids is 1. The Morgan fingerprint density at radius 3 is 2.59 bits per heavy atom. The molecular formula is C25H24N2O5S2. The minimum atomic E-state index is -1.09. The normalized spacial score (nSPS) is 22.4. The first-order chi connectivity index (χ1) is 16.4. The number of anilines is 2. The number of thioether (sulfide) groups is 1. The van der Waals surface area contributed by atoms with Gasteiger partial charge in [-0.05, 0) is 42.2 Å². The van der Waals surface area contributed by atoms with Crippen LogP contribution in [0.15, 0.2) is 41.3 Å². The van der Waals surface area contributed by atoms with E-state index in [1.165, 1.54) is 5.56 Å². The van der Waals surface area contributed by atoms with E-state index in [0.717, 1.165) is 64.4 Å². The number of carboxylic acid groups (broad SMARTS) is 1. The molecule has 1 saturated carbocycles. The van der Waals surface area contributed by atoms with Crippen molar-refractivity contribution in [2.24, 2.45) is 0 Å². The number of aliphatic carboxylic acids is 1. The number of amides is 1. The summed E-state index contributed by atoms with van der Waals surface area (Å²) >= 11 is 6.36. The largest absolute Gasteiger partial charge is 0.497 e. The van der Waals surface area contributed by atoms with Gasteiger partial charge in [0.15, 0.2) is 0 Å². The van der Waals surface area contributed by atoms with Crippen molar-refractivity contribution in [1.82, 2.24) is 4.90 Å². The zero-order chi connectivity index (χ0) is 24.0. The number of ether oxygens (including phenoxy) is 2. The number of carbonyl (C=O) groups is 2. The molecular weight excluding hydrogens is 472 g/mol. The van der Waals surface area contributed by atoms with Crippen LogP contribution in [-0.4, -0.2) is 53.0 Å². The molecule has 2 atom stereocenters. The van der Waals surface area contributed by atoms with Crippen molar-refractivity contribution in [3.63, 3.8) is 0 Å². The summed E-state index contributed by atoms with van der Waals surface area (Å²) in [5.41, 5.74) is 4.36. The van der Waals surface area contributed by atoms with Crippen LogP contribution < -0.4 is 14.4 Å². The molecule has 2 fully saturated rings. The van der Waals surface area contributed by atoms with Gasteiger partial charge in [0.1, 0.15) is 22.4 Å². The second kappa shape index (κ2) is 8.96. The summed E-state index contributed by atoms with van der Waals surface area (Å²) in [4.78, 5) is 27.7. The Hall–Kier alpha value is -3.04. The van der Waals surface area contributed by atoms with Crippen LogP contribution >= 0.6 is 24.0 Å². The number of hydrogen-bond acceptors (Lipinski definition) is 7. The maximum Gasteiger partial charge on any atom is 0.323 e. The van der Waals surface area contributed by atoms with Gasteiger partial charge in [-0.3, -0.25) is 14.5 Å². The highest BCUT2D eigenvalue weighted by molar-refractivity contribution is 8.26. The molecule has 2 aromatic rings. The van der Waals surface area contributed by atoms with Gasteiger partial charge in [0.2, 0.25) is 0 Å². The fourth-order valence-electron chi connectivity index (χ4n) is 5.16. The average Bonchev–Trinajstić information content (AvgIpc) is 3.48. The Kier molecular flexibility index (Phi) is 5.99. The Morgan fingerprint density at radius 1 is 1.18 bits per heavy atom. The van der Waals surface area contributed by atoms with Gasteiger partial charge >= 0.3 is 5.97 Å². The first-order valence-electron chi connectivity index (χ1n) is 11.0. The molecule has 3 aliphatic rings. The van der Waals surface area contributed by atoms with E-state index >= 15 is 0 Å². The van der Waals surface area contributed by atoms with Crippen LogP contribution in [0.1, 0.15) is 36.3 Å². The first kappa shape index (κ1) is 22.7. The number of benzene rings is 2. The number of methoxy groups -OCH3 is 2. The Bertz CT molecular complexity index is 1210. The van der Waals surface area contributed by atoms with Gasteiger partial charge in [-0.2, -0.15) is 0 Å². The van der Waals surface area contributed by atoms with Crippen LogP contribution in [0.3, 0.4) is 0 Å². The van der Waals surface area contributed by atoms with E-state index in [2.05, 4.69) is 17.0 Å². The van der Waals surface area contributed by atoms with Gasteiger partial charge in [-0.25, -0.2) is 0 Å². The third-order valence-electron chi connectivity index (χ3n) is 6.60. The fourth-order valence-corrected chi connectivity index (χ4v) is 6.41. The second-order valence-corrected chi connectivity index (χ2v) is 10.2. The number of nitrogens with zero attached hydrogens (tertiary/aromatic N) is 2. The Balaban J connectivity index is 1.51. The highest BCUT2D eigenvalue weighted by atomic mass is 32.2. The van der Waals surface area contributed by atoms with Crippen molar-refractivity contribution in [1.29, 1.82) is 0 Å².